The zero-order chi connectivity index (χ0) is 19.4. The third-order valence-corrected chi connectivity index (χ3v) is 4.81. The number of thiophene rings is 1. The lowest BCUT2D eigenvalue weighted by molar-refractivity contribution is -0.124. The second-order valence-corrected chi connectivity index (χ2v) is 6.64. The van der Waals surface area contributed by atoms with Gasteiger partial charge in [-0.05, 0) is 24.8 Å². The number of fused-ring (bicyclic) bond motifs is 1. The number of hydrogen-bond donors (Lipinski definition) is 1. The van der Waals surface area contributed by atoms with Crippen LogP contribution in [0.15, 0.2) is 33.2 Å². The average molecular weight is 390 g/mol. The Hall–Kier alpha value is -3.01. The van der Waals surface area contributed by atoms with Gasteiger partial charge in [-0.15, -0.1) is 11.3 Å². The third-order valence-electron chi connectivity index (χ3n) is 3.93. The molecule has 1 N–H and O–H groups in total. The highest BCUT2D eigenvalue weighted by atomic mass is 32.1. The first-order valence-electron chi connectivity index (χ1n) is 8.40. The van der Waals surface area contributed by atoms with E-state index in [-0.39, 0.29) is 29.3 Å². The van der Waals surface area contributed by atoms with Crippen LogP contribution in [-0.2, 0) is 16.1 Å². The molecule has 3 aromatic rings. The SMILES string of the molecule is CCOC(=O)c1noc2ncn([C@H](CC)C(=O)NCc3cccs3)c(=O)c12. The predicted molar refractivity (Wildman–Crippen MR) is 97.5 cm³/mol. The van der Waals surface area contributed by atoms with Gasteiger partial charge in [-0.1, -0.05) is 18.1 Å². The van der Waals surface area contributed by atoms with E-state index >= 15 is 0 Å². The van der Waals surface area contributed by atoms with Crippen molar-refractivity contribution in [3.05, 3.63) is 44.8 Å². The van der Waals surface area contributed by atoms with Crippen molar-refractivity contribution < 1.29 is 18.8 Å². The largest absolute Gasteiger partial charge is 0.461 e. The molecule has 0 aliphatic heterocycles. The first-order chi connectivity index (χ1) is 13.1. The second-order valence-electron chi connectivity index (χ2n) is 5.61. The molecule has 0 aliphatic rings. The van der Waals surface area contributed by atoms with Crippen molar-refractivity contribution in [3.8, 4) is 0 Å². The van der Waals surface area contributed by atoms with Gasteiger partial charge < -0.3 is 14.6 Å². The van der Waals surface area contributed by atoms with Gasteiger partial charge in [-0.2, -0.15) is 0 Å². The zero-order valence-corrected chi connectivity index (χ0v) is 15.6. The smallest absolute Gasteiger partial charge is 0.361 e. The summed E-state index contributed by atoms with van der Waals surface area (Å²) in [5, 5.41) is 8.23. The predicted octanol–water partition coefficient (Wildman–Crippen LogP) is 1.89. The number of nitrogens with one attached hydrogen (secondary N) is 1. The summed E-state index contributed by atoms with van der Waals surface area (Å²) in [7, 11) is 0. The number of hydrogen-bond acceptors (Lipinski definition) is 8. The van der Waals surface area contributed by atoms with Crippen molar-refractivity contribution in [1.82, 2.24) is 20.0 Å². The van der Waals surface area contributed by atoms with Crippen LogP contribution in [0.4, 0.5) is 0 Å². The highest BCUT2D eigenvalue weighted by Gasteiger charge is 2.26. The Morgan fingerprint density at radius 3 is 2.89 bits per heavy atom. The van der Waals surface area contributed by atoms with E-state index < -0.39 is 17.6 Å². The standard InChI is InChI=1S/C17H18N4O5S/c1-3-11(14(22)18-8-10-6-5-7-27-10)21-9-19-15-12(16(21)23)13(20-26-15)17(24)25-4-2/h5-7,9,11H,3-4,8H2,1-2H3,(H,18,22)/t11-/m1/s1. The summed E-state index contributed by atoms with van der Waals surface area (Å²) in [4.78, 5) is 42.5. The number of rotatable bonds is 7. The summed E-state index contributed by atoms with van der Waals surface area (Å²) < 4.78 is 11.0. The van der Waals surface area contributed by atoms with Gasteiger partial charge in [-0.3, -0.25) is 14.2 Å². The van der Waals surface area contributed by atoms with Gasteiger partial charge in [0.25, 0.3) is 11.3 Å². The Bertz CT molecular complexity index is 1010. The topological polar surface area (TPSA) is 116 Å². The molecule has 0 radical (unpaired) electrons. The van der Waals surface area contributed by atoms with E-state index in [2.05, 4.69) is 15.5 Å². The van der Waals surface area contributed by atoms with Crippen LogP contribution in [0.5, 0.6) is 0 Å². The Morgan fingerprint density at radius 1 is 1.41 bits per heavy atom. The summed E-state index contributed by atoms with van der Waals surface area (Å²) in [6, 6.07) is 3.03. The molecule has 0 spiro atoms. The lowest BCUT2D eigenvalue weighted by atomic mass is 10.2. The van der Waals surface area contributed by atoms with Crippen molar-refractivity contribution in [2.45, 2.75) is 32.9 Å². The molecular weight excluding hydrogens is 372 g/mol. The normalized spacial score (nSPS) is 12.1. The van der Waals surface area contributed by atoms with Crippen molar-refractivity contribution in [1.29, 1.82) is 0 Å². The lowest BCUT2D eigenvalue weighted by Crippen LogP contribution is -2.37. The van der Waals surface area contributed by atoms with E-state index in [4.69, 9.17) is 9.26 Å². The molecule has 3 aromatic heterocycles. The molecule has 0 unspecified atom stereocenters. The van der Waals surface area contributed by atoms with Gasteiger partial charge in [0.05, 0.1) is 13.2 Å². The fraction of sp³-hybridized carbons (Fsp3) is 0.353. The van der Waals surface area contributed by atoms with Gasteiger partial charge >= 0.3 is 5.97 Å². The molecule has 0 aliphatic carbocycles. The van der Waals surface area contributed by atoms with E-state index in [1.54, 1.807) is 13.8 Å². The minimum absolute atomic E-state index is 0.0758. The zero-order valence-electron chi connectivity index (χ0n) is 14.8. The van der Waals surface area contributed by atoms with Crippen LogP contribution < -0.4 is 10.9 Å². The summed E-state index contributed by atoms with van der Waals surface area (Å²) >= 11 is 1.53. The van der Waals surface area contributed by atoms with Gasteiger partial charge in [0.1, 0.15) is 17.8 Å². The van der Waals surface area contributed by atoms with Crippen LogP contribution in [0.25, 0.3) is 11.1 Å². The lowest BCUT2D eigenvalue weighted by Gasteiger charge is -2.17. The minimum Gasteiger partial charge on any atom is -0.461 e. The minimum atomic E-state index is -0.778. The number of esters is 1. The summed E-state index contributed by atoms with van der Waals surface area (Å²) in [6.45, 7) is 3.93. The highest BCUT2D eigenvalue weighted by Crippen LogP contribution is 2.16. The van der Waals surface area contributed by atoms with Crippen molar-refractivity contribution >= 4 is 34.3 Å². The number of carbonyl (C=O) groups is 2. The number of amides is 1. The van der Waals surface area contributed by atoms with Crippen LogP contribution in [0.1, 0.15) is 41.7 Å². The first kappa shape index (κ1) is 18.8. The maximum Gasteiger partial charge on any atom is 0.361 e. The van der Waals surface area contributed by atoms with Crippen LogP contribution >= 0.6 is 11.3 Å². The molecule has 1 atom stereocenters. The molecule has 10 heteroatoms. The number of ether oxygens (including phenoxy) is 1. The summed E-state index contributed by atoms with van der Waals surface area (Å²) in [5.74, 6) is -1.09. The Labute approximate surface area is 157 Å². The molecule has 142 valence electrons. The Morgan fingerprint density at radius 2 is 2.22 bits per heavy atom. The van der Waals surface area contributed by atoms with E-state index in [1.807, 2.05) is 17.5 Å². The Kier molecular flexibility index (Phi) is 5.65. The monoisotopic (exact) mass is 390 g/mol. The molecule has 3 heterocycles. The van der Waals surface area contributed by atoms with E-state index in [0.29, 0.717) is 13.0 Å². The third kappa shape index (κ3) is 3.75. The van der Waals surface area contributed by atoms with Gasteiger partial charge in [0.2, 0.25) is 11.6 Å². The molecule has 0 fully saturated rings. The molecule has 0 saturated carbocycles. The number of carbonyl (C=O) groups excluding carboxylic acids is 2. The fourth-order valence-corrected chi connectivity index (χ4v) is 3.28. The van der Waals surface area contributed by atoms with Crippen LogP contribution in [-0.4, -0.2) is 33.2 Å². The molecule has 27 heavy (non-hydrogen) atoms. The molecule has 0 aromatic carbocycles. The molecule has 1 amide bonds. The summed E-state index contributed by atoms with van der Waals surface area (Å²) in [6.07, 6.45) is 1.59. The first-order valence-corrected chi connectivity index (χ1v) is 9.28. The van der Waals surface area contributed by atoms with Gasteiger partial charge in [-0.25, -0.2) is 9.78 Å². The maximum atomic E-state index is 12.9. The quantitative estimate of drug-likeness (QED) is 0.612. The Balaban J connectivity index is 1.92. The number of aromatic nitrogens is 3. The van der Waals surface area contributed by atoms with E-state index in [0.717, 1.165) is 4.88 Å². The van der Waals surface area contributed by atoms with Crippen molar-refractivity contribution in [2.24, 2.45) is 0 Å². The van der Waals surface area contributed by atoms with Crippen LogP contribution in [0.3, 0.4) is 0 Å². The summed E-state index contributed by atoms with van der Waals surface area (Å²) in [5.41, 5.74) is -0.900. The number of nitrogens with zero attached hydrogens (tertiary/aromatic N) is 3. The van der Waals surface area contributed by atoms with E-state index in [9.17, 15) is 14.4 Å². The molecule has 9 nitrogen and oxygen atoms in total. The van der Waals surface area contributed by atoms with Gasteiger partial charge in [0, 0.05) is 4.88 Å². The van der Waals surface area contributed by atoms with Crippen LogP contribution in [0, 0.1) is 0 Å². The fourth-order valence-electron chi connectivity index (χ4n) is 2.63. The molecule has 3 rings (SSSR count). The van der Waals surface area contributed by atoms with Crippen LogP contribution in [0.2, 0.25) is 0 Å². The molecule has 0 saturated heterocycles. The molecule has 0 bridgehead atoms. The van der Waals surface area contributed by atoms with E-state index in [1.165, 1.54) is 22.2 Å². The molecular formula is C17H18N4O5S. The second kappa shape index (κ2) is 8.12. The highest BCUT2D eigenvalue weighted by molar-refractivity contribution is 7.09. The van der Waals surface area contributed by atoms with Crippen molar-refractivity contribution in [3.63, 3.8) is 0 Å². The van der Waals surface area contributed by atoms with Crippen molar-refractivity contribution in [2.75, 3.05) is 6.61 Å². The van der Waals surface area contributed by atoms with Gasteiger partial charge in [0.15, 0.2) is 0 Å². The maximum absolute atomic E-state index is 12.9. The average Bonchev–Trinajstić information content (AvgIpc) is 3.32.